The van der Waals surface area contributed by atoms with Crippen molar-refractivity contribution in [3.8, 4) is 0 Å². The molecule has 3 unspecified atom stereocenters. The third-order valence-electron chi connectivity index (χ3n) is 3.75. The van der Waals surface area contributed by atoms with Crippen LogP contribution in [0.1, 0.15) is 37.8 Å². The van der Waals surface area contributed by atoms with Crippen molar-refractivity contribution in [3.63, 3.8) is 0 Å². The number of thioether (sulfide) groups is 1. The Morgan fingerprint density at radius 3 is 2.35 bits per heavy atom. The highest BCUT2D eigenvalue weighted by molar-refractivity contribution is 8.00. The second kappa shape index (κ2) is 6.64. The molecule has 0 radical (unpaired) electrons. The van der Waals surface area contributed by atoms with Crippen LogP contribution in [0.5, 0.6) is 0 Å². The number of aliphatic carboxylic acids is 1. The van der Waals surface area contributed by atoms with Crippen LogP contribution in [0.3, 0.4) is 0 Å². The van der Waals surface area contributed by atoms with Gasteiger partial charge in [-0.25, -0.2) is 0 Å². The number of hydrogen-bond donors (Lipinski definition) is 1. The molecule has 20 heavy (non-hydrogen) atoms. The lowest BCUT2D eigenvalue weighted by Crippen LogP contribution is -2.39. The molecule has 4 heteroatoms. The molecule has 3 nitrogen and oxygen atoms in total. The van der Waals surface area contributed by atoms with Gasteiger partial charge in [0.15, 0.2) is 0 Å². The largest absolute Gasteiger partial charge is 0.481 e. The van der Waals surface area contributed by atoms with E-state index < -0.39 is 11.9 Å². The van der Waals surface area contributed by atoms with Crippen molar-refractivity contribution in [2.45, 2.75) is 43.7 Å². The molecule has 110 valence electrons. The summed E-state index contributed by atoms with van der Waals surface area (Å²) in [6.45, 7) is 9.50. The Morgan fingerprint density at radius 2 is 1.85 bits per heavy atom. The van der Waals surface area contributed by atoms with Gasteiger partial charge < -0.3 is 5.11 Å². The van der Waals surface area contributed by atoms with Crippen LogP contribution >= 0.6 is 11.8 Å². The number of nitrogens with zero attached hydrogens (tertiary/aromatic N) is 1. The molecule has 1 aliphatic heterocycles. The summed E-state index contributed by atoms with van der Waals surface area (Å²) in [5.74, 6) is -1.20. The molecule has 0 bridgehead atoms. The van der Waals surface area contributed by atoms with E-state index in [0.717, 1.165) is 25.2 Å². The highest BCUT2D eigenvalue weighted by atomic mass is 32.2. The van der Waals surface area contributed by atoms with Crippen LogP contribution in [0.15, 0.2) is 24.3 Å². The Morgan fingerprint density at radius 1 is 1.30 bits per heavy atom. The minimum Gasteiger partial charge on any atom is -0.481 e. The zero-order chi connectivity index (χ0) is 14.7. The number of carboxylic acids is 1. The third kappa shape index (κ3) is 4.00. The normalized spacial score (nSPS) is 25.4. The molecule has 1 aromatic carbocycles. The molecule has 1 heterocycles. The van der Waals surface area contributed by atoms with Gasteiger partial charge in [-0.3, -0.25) is 9.69 Å². The molecule has 0 saturated carbocycles. The van der Waals surface area contributed by atoms with Crippen molar-refractivity contribution in [1.29, 1.82) is 0 Å². The van der Waals surface area contributed by atoms with Crippen LogP contribution in [0, 0.1) is 0 Å². The van der Waals surface area contributed by atoms with Gasteiger partial charge in [0.05, 0.1) is 5.92 Å². The Labute approximate surface area is 125 Å². The number of hydrogen-bond acceptors (Lipinski definition) is 3. The van der Waals surface area contributed by atoms with E-state index in [0.29, 0.717) is 10.5 Å². The van der Waals surface area contributed by atoms with Gasteiger partial charge in [0, 0.05) is 30.1 Å². The van der Waals surface area contributed by atoms with Crippen LogP contribution in [0.25, 0.3) is 0 Å². The van der Waals surface area contributed by atoms with E-state index >= 15 is 0 Å². The molecule has 1 N–H and O–H groups in total. The van der Waals surface area contributed by atoms with E-state index in [9.17, 15) is 4.79 Å². The predicted octanol–water partition coefficient (Wildman–Crippen LogP) is 3.20. The number of rotatable bonds is 4. The molecule has 0 aromatic heterocycles. The van der Waals surface area contributed by atoms with E-state index in [1.165, 1.54) is 5.56 Å². The first-order valence-corrected chi connectivity index (χ1v) is 8.09. The average Bonchev–Trinajstić information content (AvgIpc) is 2.37. The quantitative estimate of drug-likeness (QED) is 0.925. The minimum atomic E-state index is -0.770. The van der Waals surface area contributed by atoms with Crippen LogP contribution in [-0.4, -0.2) is 39.6 Å². The van der Waals surface area contributed by atoms with E-state index in [1.807, 2.05) is 12.1 Å². The fourth-order valence-electron chi connectivity index (χ4n) is 2.73. The van der Waals surface area contributed by atoms with Crippen LogP contribution < -0.4 is 0 Å². The first-order chi connectivity index (χ1) is 9.45. The summed E-state index contributed by atoms with van der Waals surface area (Å²) in [6.07, 6.45) is 0. The predicted molar refractivity (Wildman–Crippen MR) is 84.3 cm³/mol. The lowest BCUT2D eigenvalue weighted by atomic mass is 10.00. The van der Waals surface area contributed by atoms with Gasteiger partial charge in [0.25, 0.3) is 0 Å². The van der Waals surface area contributed by atoms with Gasteiger partial charge in [-0.05, 0) is 18.1 Å². The summed E-state index contributed by atoms with van der Waals surface area (Å²) in [6, 6.07) is 8.01. The fourth-order valence-corrected chi connectivity index (χ4v) is 4.11. The topological polar surface area (TPSA) is 40.5 Å². The number of carbonyl (C=O) groups is 1. The van der Waals surface area contributed by atoms with Gasteiger partial charge in [-0.15, -0.1) is 0 Å². The van der Waals surface area contributed by atoms with E-state index in [-0.39, 0.29) is 0 Å². The van der Waals surface area contributed by atoms with Crippen LogP contribution in [-0.2, 0) is 11.3 Å². The molecule has 0 aliphatic carbocycles. The SMILES string of the molecule is CC1CN(Cc2ccc(C(C)C(=O)O)cc2)CC(C)S1. The number of carboxylic acid groups (broad SMARTS) is 1. The zero-order valence-corrected chi connectivity index (χ0v) is 13.2. The lowest BCUT2D eigenvalue weighted by Gasteiger charge is -2.34. The Kier molecular flexibility index (Phi) is 5.11. The summed E-state index contributed by atoms with van der Waals surface area (Å²) >= 11 is 2.06. The third-order valence-corrected chi connectivity index (χ3v) is 4.98. The van der Waals surface area contributed by atoms with E-state index in [2.05, 4.69) is 42.6 Å². The van der Waals surface area contributed by atoms with Gasteiger partial charge in [0.2, 0.25) is 0 Å². The Bertz CT molecular complexity index is 450. The molecule has 0 amide bonds. The highest BCUT2D eigenvalue weighted by Crippen LogP contribution is 2.26. The Hall–Kier alpha value is -1.00. The van der Waals surface area contributed by atoms with Gasteiger partial charge in [0.1, 0.15) is 0 Å². The molecule has 1 fully saturated rings. The second-order valence-corrected chi connectivity index (χ2v) is 7.63. The van der Waals surface area contributed by atoms with Crippen molar-refractivity contribution < 1.29 is 9.90 Å². The molecule has 1 aromatic rings. The molecule has 0 spiro atoms. The van der Waals surface area contributed by atoms with Crippen molar-refractivity contribution in [2.75, 3.05) is 13.1 Å². The van der Waals surface area contributed by atoms with Crippen molar-refractivity contribution in [2.24, 2.45) is 0 Å². The first kappa shape index (κ1) is 15.4. The molecule has 3 atom stereocenters. The monoisotopic (exact) mass is 293 g/mol. The maximum absolute atomic E-state index is 11.0. The summed E-state index contributed by atoms with van der Waals surface area (Å²) in [7, 11) is 0. The first-order valence-electron chi connectivity index (χ1n) is 7.15. The smallest absolute Gasteiger partial charge is 0.310 e. The molecular formula is C16H23NO2S. The van der Waals surface area contributed by atoms with E-state index in [1.54, 1.807) is 6.92 Å². The minimum absolute atomic E-state index is 0.435. The lowest BCUT2D eigenvalue weighted by molar-refractivity contribution is -0.138. The van der Waals surface area contributed by atoms with Gasteiger partial charge >= 0.3 is 5.97 Å². The van der Waals surface area contributed by atoms with Crippen LogP contribution in [0.2, 0.25) is 0 Å². The van der Waals surface area contributed by atoms with Crippen LogP contribution in [0.4, 0.5) is 0 Å². The second-order valence-electron chi connectivity index (χ2n) is 5.75. The van der Waals surface area contributed by atoms with Crippen molar-refractivity contribution in [1.82, 2.24) is 4.90 Å². The van der Waals surface area contributed by atoms with Gasteiger partial charge in [-0.1, -0.05) is 38.1 Å². The Balaban J connectivity index is 1.98. The fraction of sp³-hybridized carbons (Fsp3) is 0.562. The summed E-state index contributed by atoms with van der Waals surface area (Å²) in [5.41, 5.74) is 2.13. The van der Waals surface area contributed by atoms with Gasteiger partial charge in [-0.2, -0.15) is 11.8 Å². The summed E-state index contributed by atoms with van der Waals surface area (Å²) < 4.78 is 0. The standard InChI is InChI=1S/C16H23NO2S/c1-11-8-17(9-12(2)20-11)10-14-4-6-15(7-5-14)13(3)16(18)19/h4-7,11-13H,8-10H2,1-3H3,(H,18,19). The maximum Gasteiger partial charge on any atom is 0.310 e. The molecular weight excluding hydrogens is 270 g/mol. The maximum atomic E-state index is 11.0. The van der Waals surface area contributed by atoms with Crippen molar-refractivity contribution in [3.05, 3.63) is 35.4 Å². The molecule has 1 aliphatic rings. The number of benzene rings is 1. The van der Waals surface area contributed by atoms with E-state index in [4.69, 9.17) is 5.11 Å². The summed E-state index contributed by atoms with van der Waals surface area (Å²) in [5, 5.41) is 10.4. The summed E-state index contributed by atoms with van der Waals surface area (Å²) in [4.78, 5) is 13.5. The average molecular weight is 293 g/mol. The molecule has 2 rings (SSSR count). The van der Waals surface area contributed by atoms with Crippen molar-refractivity contribution >= 4 is 17.7 Å². The zero-order valence-electron chi connectivity index (χ0n) is 12.4. The highest BCUT2D eigenvalue weighted by Gasteiger charge is 2.22. The molecule has 1 saturated heterocycles.